The van der Waals surface area contributed by atoms with E-state index in [1.807, 2.05) is 42.4 Å². The van der Waals surface area contributed by atoms with Gasteiger partial charge in [-0.1, -0.05) is 39.8 Å². The van der Waals surface area contributed by atoms with E-state index < -0.39 is 17.7 Å². The number of ether oxygens (including phenoxy) is 1. The highest BCUT2D eigenvalue weighted by molar-refractivity contribution is 5.88. The molecule has 220 valence electrons. The third kappa shape index (κ3) is 5.77. The average Bonchev–Trinajstić information content (AvgIpc) is 3.31. The van der Waals surface area contributed by atoms with Crippen LogP contribution in [0, 0.1) is 24.5 Å². The van der Waals surface area contributed by atoms with Gasteiger partial charge in [-0.25, -0.2) is 28.2 Å². The predicted octanol–water partition coefficient (Wildman–Crippen LogP) is 6.13. The number of hydrogen-bond acceptors (Lipinski definition) is 6. The van der Waals surface area contributed by atoms with Crippen molar-refractivity contribution in [2.24, 2.45) is 11.7 Å². The molecular weight excluding hydrogens is 540 g/mol. The molecule has 0 saturated heterocycles. The first kappa shape index (κ1) is 29.0. The number of nitrogens with one attached hydrogen (secondary N) is 1. The number of fused-ring (bicyclic) bond motifs is 1. The van der Waals surface area contributed by atoms with Gasteiger partial charge in [0.15, 0.2) is 0 Å². The topological polar surface area (TPSA) is 111 Å². The average molecular weight is 576 g/mol. The van der Waals surface area contributed by atoms with Crippen LogP contribution >= 0.6 is 0 Å². The number of carbonyl (C=O) groups is 1. The van der Waals surface area contributed by atoms with E-state index in [1.165, 1.54) is 0 Å². The van der Waals surface area contributed by atoms with Crippen molar-refractivity contribution < 1.29 is 18.3 Å². The van der Waals surface area contributed by atoms with E-state index in [9.17, 15) is 4.79 Å². The molecule has 2 aromatic carbocycles. The van der Waals surface area contributed by atoms with Gasteiger partial charge in [0.1, 0.15) is 23.1 Å². The Morgan fingerprint density at radius 2 is 1.86 bits per heavy atom. The second-order valence-electron chi connectivity index (χ2n) is 11.3. The number of urea groups is 1. The van der Waals surface area contributed by atoms with Crippen molar-refractivity contribution >= 4 is 17.7 Å². The Bertz CT molecular complexity index is 1620. The van der Waals surface area contributed by atoms with Gasteiger partial charge in [-0.05, 0) is 42.0 Å². The summed E-state index contributed by atoms with van der Waals surface area (Å²) in [6.45, 7) is 11.6. The van der Waals surface area contributed by atoms with E-state index >= 15 is 8.78 Å². The summed E-state index contributed by atoms with van der Waals surface area (Å²) in [5.74, 6) is 0.138. The first-order chi connectivity index (χ1) is 20.0. The molecule has 1 aliphatic rings. The lowest BCUT2D eigenvalue weighted by molar-refractivity contribution is 0.259. The summed E-state index contributed by atoms with van der Waals surface area (Å²) >= 11 is 0. The molecule has 9 nitrogen and oxygen atoms in total. The number of para-hydroxylation sites is 1. The molecule has 1 aliphatic heterocycles. The Labute approximate surface area is 243 Å². The van der Waals surface area contributed by atoms with Crippen LogP contribution in [-0.4, -0.2) is 38.9 Å². The van der Waals surface area contributed by atoms with Crippen LogP contribution in [0.2, 0.25) is 0 Å². The normalized spacial score (nSPS) is 13.0. The molecular formula is C31H35F2N7O2. The number of aromatic nitrogens is 4. The summed E-state index contributed by atoms with van der Waals surface area (Å²) in [6.07, 6.45) is 4.18. The van der Waals surface area contributed by atoms with Crippen LogP contribution in [0.5, 0.6) is 5.75 Å². The quantitative estimate of drug-likeness (QED) is 0.262. The molecule has 0 unspecified atom stereocenters. The maximum Gasteiger partial charge on any atom is 0.316 e. The zero-order valence-corrected chi connectivity index (χ0v) is 24.4. The number of rotatable bonds is 8. The molecule has 0 fully saturated rings. The molecule has 3 heterocycles. The van der Waals surface area contributed by atoms with E-state index in [4.69, 9.17) is 15.6 Å². The highest BCUT2D eigenvalue weighted by Crippen LogP contribution is 2.39. The third-order valence-electron chi connectivity index (χ3n) is 7.20. The van der Waals surface area contributed by atoms with Gasteiger partial charge in [0, 0.05) is 49.1 Å². The maximum atomic E-state index is 15.8. The van der Waals surface area contributed by atoms with Crippen molar-refractivity contribution in [2.75, 3.05) is 23.4 Å². The van der Waals surface area contributed by atoms with Gasteiger partial charge in [0.05, 0.1) is 23.7 Å². The van der Waals surface area contributed by atoms with Crippen LogP contribution in [0.3, 0.4) is 0 Å². The van der Waals surface area contributed by atoms with Crippen molar-refractivity contribution in [2.45, 2.75) is 53.5 Å². The minimum Gasteiger partial charge on any atom is -0.491 e. The zero-order valence-electron chi connectivity index (χ0n) is 24.4. The Morgan fingerprint density at radius 3 is 2.52 bits per heavy atom. The number of aryl methyl sites for hydroxylation is 1. The van der Waals surface area contributed by atoms with Gasteiger partial charge in [-0.3, -0.25) is 0 Å². The second kappa shape index (κ2) is 11.8. The molecule has 42 heavy (non-hydrogen) atoms. The fourth-order valence-corrected chi connectivity index (χ4v) is 5.01. The van der Waals surface area contributed by atoms with E-state index in [1.54, 1.807) is 4.68 Å². The lowest BCUT2D eigenvalue weighted by Crippen LogP contribution is -2.31. The molecule has 0 bridgehead atoms. The third-order valence-corrected chi connectivity index (χ3v) is 7.20. The Morgan fingerprint density at radius 1 is 1.12 bits per heavy atom. The van der Waals surface area contributed by atoms with E-state index in [2.05, 4.69) is 43.0 Å². The van der Waals surface area contributed by atoms with Crippen LogP contribution < -0.4 is 20.7 Å². The van der Waals surface area contributed by atoms with E-state index in [-0.39, 0.29) is 17.2 Å². The number of anilines is 2. The SMILES string of the molecule is Cc1cccc(OCC(C)C)c1-n1nc2c(c1-c1cc(F)c(NC(N)=O)cc1F)CN(c1ncc(C(C)C)cn1)CC2. The molecule has 0 saturated carbocycles. The molecule has 5 rings (SSSR count). The number of nitrogens with two attached hydrogens (primary N) is 1. The van der Waals surface area contributed by atoms with Gasteiger partial charge in [0.25, 0.3) is 0 Å². The van der Waals surface area contributed by atoms with Crippen molar-refractivity contribution in [3.8, 4) is 22.7 Å². The largest absolute Gasteiger partial charge is 0.491 e. The highest BCUT2D eigenvalue weighted by Gasteiger charge is 2.31. The fourth-order valence-electron chi connectivity index (χ4n) is 5.01. The number of nitrogens with zero attached hydrogens (tertiary/aromatic N) is 5. The maximum absolute atomic E-state index is 15.8. The standard InChI is InChI=1S/C31H35F2N7O2/c1-17(2)16-42-27-8-6-7-19(5)28(27)40-29(21-11-24(33)26(12-23(21)32)37-30(34)41)22-15-39(10-9-25(22)38-40)31-35-13-20(14-36-31)18(3)4/h6-8,11-14,17-18H,9-10,15-16H2,1-5H3,(H3,34,37,41). The van der Waals surface area contributed by atoms with Crippen LogP contribution in [0.15, 0.2) is 42.7 Å². The Kier molecular flexibility index (Phi) is 8.11. The smallest absolute Gasteiger partial charge is 0.316 e. The number of hydrogen-bond donors (Lipinski definition) is 2. The summed E-state index contributed by atoms with van der Waals surface area (Å²) in [6, 6.07) is 6.67. The van der Waals surface area contributed by atoms with Crippen LogP contribution in [0.25, 0.3) is 16.9 Å². The van der Waals surface area contributed by atoms with E-state index in [0.717, 1.165) is 34.5 Å². The molecule has 2 amide bonds. The number of carbonyl (C=O) groups excluding carboxylic acids is 1. The van der Waals surface area contributed by atoms with Crippen molar-refractivity contribution in [3.05, 3.63) is 76.7 Å². The second-order valence-corrected chi connectivity index (χ2v) is 11.3. The molecule has 2 aromatic heterocycles. The van der Waals surface area contributed by atoms with E-state index in [0.29, 0.717) is 55.1 Å². The molecule has 4 aromatic rings. The van der Waals surface area contributed by atoms with Gasteiger partial charge in [-0.15, -0.1) is 0 Å². The molecule has 0 atom stereocenters. The van der Waals surface area contributed by atoms with Crippen molar-refractivity contribution in [3.63, 3.8) is 0 Å². The number of primary amides is 1. The lowest BCUT2D eigenvalue weighted by Gasteiger charge is -2.27. The molecule has 0 spiro atoms. The lowest BCUT2D eigenvalue weighted by atomic mass is 9.99. The van der Waals surface area contributed by atoms with Gasteiger partial charge in [0.2, 0.25) is 5.95 Å². The molecule has 0 radical (unpaired) electrons. The van der Waals surface area contributed by atoms with Gasteiger partial charge < -0.3 is 20.7 Å². The predicted molar refractivity (Wildman–Crippen MR) is 158 cm³/mol. The summed E-state index contributed by atoms with van der Waals surface area (Å²) < 4.78 is 38.9. The summed E-state index contributed by atoms with van der Waals surface area (Å²) in [5, 5.41) is 7.08. The summed E-state index contributed by atoms with van der Waals surface area (Å²) in [7, 11) is 0. The molecule has 3 N–H and O–H groups in total. The van der Waals surface area contributed by atoms with Gasteiger partial charge in [-0.2, -0.15) is 5.10 Å². The van der Waals surface area contributed by atoms with Crippen molar-refractivity contribution in [1.82, 2.24) is 19.7 Å². The summed E-state index contributed by atoms with van der Waals surface area (Å²) in [5.41, 5.74) is 9.21. The minimum atomic E-state index is -0.991. The van der Waals surface area contributed by atoms with Crippen molar-refractivity contribution in [1.29, 1.82) is 0 Å². The van der Waals surface area contributed by atoms with Crippen LogP contribution in [0.1, 0.15) is 56.0 Å². The number of halogens is 2. The van der Waals surface area contributed by atoms with Gasteiger partial charge >= 0.3 is 6.03 Å². The first-order valence-corrected chi connectivity index (χ1v) is 14.0. The molecule has 0 aliphatic carbocycles. The number of benzene rings is 2. The van der Waals surface area contributed by atoms with Crippen LogP contribution in [0.4, 0.5) is 25.2 Å². The minimum absolute atomic E-state index is 0.00717. The molecule has 11 heteroatoms. The highest BCUT2D eigenvalue weighted by atomic mass is 19.1. The first-order valence-electron chi connectivity index (χ1n) is 14.0. The zero-order chi connectivity index (χ0) is 30.1. The fraction of sp³-hybridized carbons (Fsp3) is 0.355. The monoisotopic (exact) mass is 575 g/mol. The Balaban J connectivity index is 1.68. The number of amides is 2. The summed E-state index contributed by atoms with van der Waals surface area (Å²) in [4.78, 5) is 22.5. The van der Waals surface area contributed by atoms with Crippen LogP contribution in [-0.2, 0) is 13.0 Å². The Hall–Kier alpha value is -4.54.